The average molecular weight is 364 g/mol. The van der Waals surface area contributed by atoms with Crippen molar-refractivity contribution in [2.24, 2.45) is 0 Å². The third-order valence-corrected chi connectivity index (χ3v) is 5.84. The Kier molecular flexibility index (Phi) is 3.30. The van der Waals surface area contributed by atoms with Crippen molar-refractivity contribution >= 4 is 34.0 Å². The molecular weight excluding hydrogens is 348 g/mol. The number of hydrogen-bond acceptors (Lipinski definition) is 6. The molecule has 0 radical (unpaired) electrons. The van der Waals surface area contributed by atoms with Gasteiger partial charge in [-0.2, -0.15) is 5.10 Å². The second kappa shape index (κ2) is 5.57. The molecule has 2 aromatic rings. The fourth-order valence-corrected chi connectivity index (χ4v) is 4.56. The van der Waals surface area contributed by atoms with E-state index in [1.54, 1.807) is 6.20 Å². The number of aryl methyl sites for hydroxylation is 2. The number of aromatic nitrogens is 3. The van der Waals surface area contributed by atoms with Gasteiger partial charge in [0.15, 0.2) is 0 Å². The van der Waals surface area contributed by atoms with E-state index in [1.807, 2.05) is 30.1 Å². The maximum Gasteiger partial charge on any atom is 0.260 e. The van der Waals surface area contributed by atoms with Crippen LogP contribution in [0.5, 0.6) is 0 Å². The molecule has 130 valence electrons. The summed E-state index contributed by atoms with van der Waals surface area (Å²) in [6, 6.07) is 1.84. The van der Waals surface area contributed by atoms with Crippen LogP contribution < -0.4 is 10.6 Å². The molecule has 3 aliphatic rings. The Labute approximate surface area is 154 Å². The van der Waals surface area contributed by atoms with Gasteiger partial charge in [0.2, 0.25) is 0 Å². The van der Waals surface area contributed by atoms with E-state index < -0.39 is 0 Å². The third-order valence-electron chi connectivity index (χ3n) is 4.76. The zero-order valence-corrected chi connectivity index (χ0v) is 14.9. The zero-order chi connectivity index (χ0) is 17.8. The van der Waals surface area contributed by atoms with Gasteiger partial charge in [0.25, 0.3) is 5.91 Å². The van der Waals surface area contributed by atoms with Crippen molar-refractivity contribution in [3.8, 4) is 0 Å². The normalized spacial score (nSPS) is 21.2. The van der Waals surface area contributed by atoms with Gasteiger partial charge < -0.3 is 10.6 Å². The second-order valence-corrected chi connectivity index (χ2v) is 7.58. The zero-order valence-electron chi connectivity index (χ0n) is 14.1. The summed E-state index contributed by atoms with van der Waals surface area (Å²) in [5.41, 5.74) is 4.85. The van der Waals surface area contributed by atoms with Crippen LogP contribution in [0.3, 0.4) is 0 Å². The molecule has 0 atom stereocenters. The van der Waals surface area contributed by atoms with Gasteiger partial charge in [0, 0.05) is 35.1 Å². The first kappa shape index (κ1) is 15.4. The van der Waals surface area contributed by atoms with Crippen LogP contribution in [0.1, 0.15) is 28.9 Å². The lowest BCUT2D eigenvalue weighted by atomic mass is 10.0. The van der Waals surface area contributed by atoms with Gasteiger partial charge in [-0.25, -0.2) is 0 Å². The highest BCUT2D eigenvalue weighted by Crippen LogP contribution is 2.42. The van der Waals surface area contributed by atoms with Crippen LogP contribution in [-0.4, -0.2) is 26.4 Å². The molecule has 2 aromatic heterocycles. The first-order valence-electron chi connectivity index (χ1n) is 8.43. The van der Waals surface area contributed by atoms with Gasteiger partial charge in [-0.05, 0) is 31.4 Å². The van der Waals surface area contributed by atoms with Gasteiger partial charge >= 0.3 is 0 Å². The van der Waals surface area contributed by atoms with E-state index in [1.165, 1.54) is 17.5 Å². The minimum absolute atomic E-state index is 0.147. The Morgan fingerprint density at radius 2 is 2.23 bits per heavy atom. The summed E-state index contributed by atoms with van der Waals surface area (Å²) in [7, 11) is 0. The van der Waals surface area contributed by atoms with Gasteiger partial charge in [-0.15, -0.1) is 0 Å². The van der Waals surface area contributed by atoms with Crippen LogP contribution in [0, 0.1) is 12.3 Å². The van der Waals surface area contributed by atoms with Crippen molar-refractivity contribution in [1.29, 1.82) is 5.41 Å². The highest BCUT2D eigenvalue weighted by atomic mass is 32.2. The van der Waals surface area contributed by atoms with Gasteiger partial charge in [0.1, 0.15) is 5.69 Å². The number of thioether (sulfide) groups is 1. The largest absolute Gasteiger partial charge is 0.354 e. The quantitative estimate of drug-likeness (QED) is 0.676. The highest BCUT2D eigenvalue weighted by molar-refractivity contribution is 8.12. The van der Waals surface area contributed by atoms with Crippen molar-refractivity contribution in [1.82, 2.24) is 20.1 Å². The predicted octanol–water partition coefficient (Wildman–Crippen LogP) is 2.40. The van der Waals surface area contributed by atoms with E-state index in [0.717, 1.165) is 35.4 Å². The van der Waals surface area contributed by atoms with Crippen LogP contribution in [0.4, 0.5) is 5.69 Å². The number of nitrogens with zero attached hydrogens (tertiary/aromatic N) is 3. The van der Waals surface area contributed by atoms with E-state index in [9.17, 15) is 4.79 Å². The van der Waals surface area contributed by atoms with Crippen LogP contribution >= 0.6 is 11.8 Å². The average Bonchev–Trinajstić information content (AvgIpc) is 3.30. The molecule has 3 aliphatic heterocycles. The molecule has 0 aliphatic carbocycles. The molecule has 0 fully saturated rings. The Morgan fingerprint density at radius 1 is 1.35 bits per heavy atom. The minimum Gasteiger partial charge on any atom is -0.354 e. The smallest absolute Gasteiger partial charge is 0.260 e. The van der Waals surface area contributed by atoms with Crippen molar-refractivity contribution in [3.63, 3.8) is 0 Å². The summed E-state index contributed by atoms with van der Waals surface area (Å²) >= 11 is 1.47. The van der Waals surface area contributed by atoms with E-state index in [2.05, 4.69) is 20.7 Å². The summed E-state index contributed by atoms with van der Waals surface area (Å²) in [4.78, 5) is 18.0. The van der Waals surface area contributed by atoms with Crippen LogP contribution in [0.25, 0.3) is 4.91 Å². The van der Waals surface area contributed by atoms with E-state index >= 15 is 0 Å². The van der Waals surface area contributed by atoms with E-state index in [0.29, 0.717) is 22.0 Å². The van der Waals surface area contributed by atoms with Gasteiger partial charge in [-0.3, -0.25) is 19.9 Å². The number of pyridine rings is 1. The molecule has 0 aromatic carbocycles. The maximum atomic E-state index is 12.6. The molecule has 0 saturated heterocycles. The Hall–Kier alpha value is -2.87. The van der Waals surface area contributed by atoms with E-state index in [-0.39, 0.29) is 11.6 Å². The number of nitrogens with one attached hydrogen (secondary N) is 3. The summed E-state index contributed by atoms with van der Waals surface area (Å²) in [5, 5.41) is 19.6. The molecule has 0 saturated carbocycles. The summed E-state index contributed by atoms with van der Waals surface area (Å²) < 4.78 is 2.04. The summed E-state index contributed by atoms with van der Waals surface area (Å²) in [6.07, 6.45) is 7.62. The first-order valence-corrected chi connectivity index (χ1v) is 9.24. The summed E-state index contributed by atoms with van der Waals surface area (Å²) in [6.45, 7) is 2.87. The first-order chi connectivity index (χ1) is 12.6. The molecule has 5 rings (SSSR count). The van der Waals surface area contributed by atoms with E-state index in [4.69, 9.17) is 5.41 Å². The van der Waals surface area contributed by atoms with Crippen LogP contribution in [0.2, 0.25) is 0 Å². The minimum atomic E-state index is -0.278. The number of carbonyl (C=O) groups is 1. The van der Waals surface area contributed by atoms with Crippen molar-refractivity contribution in [2.75, 3.05) is 5.32 Å². The van der Waals surface area contributed by atoms with Crippen molar-refractivity contribution < 1.29 is 4.79 Å². The molecule has 26 heavy (non-hydrogen) atoms. The molecule has 8 heteroatoms. The number of amides is 1. The topological polar surface area (TPSA) is 95.7 Å². The number of hydrogen-bond donors (Lipinski definition) is 3. The monoisotopic (exact) mass is 364 g/mol. The SMILES string of the molecule is Cc1cnc2c(c1)NC(=O)/C(=C1/NC=C(c3cnn4c3CCC4)S1)C2=N. The lowest BCUT2D eigenvalue weighted by Gasteiger charge is -2.21. The Morgan fingerprint density at radius 3 is 3.12 bits per heavy atom. The number of carbonyl (C=O) groups excluding carboxylic acids is 1. The molecule has 0 spiro atoms. The van der Waals surface area contributed by atoms with Gasteiger partial charge in [-0.1, -0.05) is 11.8 Å². The Bertz CT molecular complexity index is 1050. The molecule has 3 N–H and O–H groups in total. The molecule has 1 amide bonds. The number of anilines is 1. The summed E-state index contributed by atoms with van der Waals surface area (Å²) in [5.74, 6) is -0.278. The molecule has 0 bridgehead atoms. The fourth-order valence-electron chi connectivity index (χ4n) is 3.52. The van der Waals surface area contributed by atoms with Crippen LogP contribution in [-0.2, 0) is 17.8 Å². The number of rotatable bonds is 1. The van der Waals surface area contributed by atoms with Crippen molar-refractivity contribution in [3.05, 3.63) is 57.8 Å². The predicted molar refractivity (Wildman–Crippen MR) is 101 cm³/mol. The maximum absolute atomic E-state index is 12.6. The van der Waals surface area contributed by atoms with Crippen molar-refractivity contribution in [2.45, 2.75) is 26.3 Å². The third kappa shape index (κ3) is 2.22. The lowest BCUT2D eigenvalue weighted by molar-refractivity contribution is -0.112. The standard InChI is InChI=1S/C18H16N6OS/c1-9-5-11-16(20-6-9)15(19)14(17(25)23-11)18-21-8-13(26-18)10-7-22-24-4-2-3-12(10)24/h5-8,19,21H,2-4H2,1H3,(H,23,25)/b18-14-,19-15?. The second-order valence-electron chi connectivity index (χ2n) is 6.53. The molecule has 5 heterocycles. The molecule has 0 unspecified atom stereocenters. The number of fused-ring (bicyclic) bond motifs is 2. The molecule has 7 nitrogen and oxygen atoms in total. The lowest BCUT2D eigenvalue weighted by Crippen LogP contribution is -2.30. The Balaban J connectivity index is 1.50. The molecular formula is C18H16N6OS. The fraction of sp³-hybridized carbons (Fsp3) is 0.222. The van der Waals surface area contributed by atoms with Gasteiger partial charge in [0.05, 0.1) is 28.2 Å². The van der Waals surface area contributed by atoms with Crippen LogP contribution in [0.15, 0.2) is 35.3 Å². The highest BCUT2D eigenvalue weighted by Gasteiger charge is 2.32.